The minimum absolute atomic E-state index is 0.267. The third-order valence-corrected chi connectivity index (χ3v) is 3.48. The van der Waals surface area contributed by atoms with Gasteiger partial charge in [0.1, 0.15) is 11.6 Å². The molecule has 2 amide bonds. The van der Waals surface area contributed by atoms with Crippen LogP contribution in [0.25, 0.3) is 0 Å². The summed E-state index contributed by atoms with van der Waals surface area (Å²) in [6.07, 6.45) is 0.910. The van der Waals surface area contributed by atoms with Gasteiger partial charge < -0.3 is 4.74 Å². The number of hydrogen-bond acceptors (Lipinski definition) is 4. The minimum atomic E-state index is -0.492. The number of benzene rings is 1. The minimum Gasteiger partial charge on any atom is -0.484 e. The second-order valence-electron chi connectivity index (χ2n) is 4.47. The Kier molecular flexibility index (Phi) is 5.91. The maximum atomic E-state index is 12.7. The maximum absolute atomic E-state index is 12.7. The summed E-state index contributed by atoms with van der Waals surface area (Å²) in [6, 6.07) is 7.26. The predicted molar refractivity (Wildman–Crippen MR) is 80.8 cm³/mol. The third-order valence-electron chi connectivity index (χ3n) is 2.75. The van der Waals surface area contributed by atoms with Gasteiger partial charge in [-0.1, -0.05) is 0 Å². The van der Waals surface area contributed by atoms with Crippen molar-refractivity contribution in [1.82, 2.24) is 10.9 Å². The fourth-order valence-corrected chi connectivity index (χ4v) is 2.31. The normalized spacial score (nSPS) is 10.0. The maximum Gasteiger partial charge on any atom is 0.276 e. The number of nitrogens with one attached hydrogen (secondary N) is 2. The zero-order valence-electron chi connectivity index (χ0n) is 11.7. The van der Waals surface area contributed by atoms with Gasteiger partial charge in [-0.05, 0) is 53.1 Å². The van der Waals surface area contributed by atoms with E-state index in [1.54, 1.807) is 11.3 Å². The van der Waals surface area contributed by atoms with Crippen molar-refractivity contribution >= 4 is 23.2 Å². The molecule has 0 aliphatic rings. The van der Waals surface area contributed by atoms with Crippen LogP contribution in [-0.2, 0) is 16.0 Å². The van der Waals surface area contributed by atoms with Gasteiger partial charge in [0, 0.05) is 6.42 Å². The van der Waals surface area contributed by atoms with Crippen LogP contribution in [0.4, 0.5) is 4.39 Å². The van der Waals surface area contributed by atoms with E-state index in [0.717, 1.165) is 5.56 Å². The summed E-state index contributed by atoms with van der Waals surface area (Å²) in [6.45, 7) is -0.267. The van der Waals surface area contributed by atoms with Crippen molar-refractivity contribution in [3.05, 3.63) is 52.5 Å². The first kappa shape index (κ1) is 16.0. The van der Waals surface area contributed by atoms with E-state index in [-0.39, 0.29) is 24.8 Å². The number of carbonyl (C=O) groups excluding carboxylic acids is 2. The van der Waals surface area contributed by atoms with Crippen molar-refractivity contribution in [3.63, 3.8) is 0 Å². The van der Waals surface area contributed by atoms with Crippen LogP contribution in [0.3, 0.4) is 0 Å². The van der Waals surface area contributed by atoms with Crippen LogP contribution in [0.5, 0.6) is 5.75 Å². The van der Waals surface area contributed by atoms with E-state index >= 15 is 0 Å². The molecule has 0 aliphatic carbocycles. The molecule has 0 fully saturated rings. The van der Waals surface area contributed by atoms with Gasteiger partial charge >= 0.3 is 0 Å². The van der Waals surface area contributed by atoms with Crippen molar-refractivity contribution in [3.8, 4) is 5.75 Å². The van der Waals surface area contributed by atoms with Gasteiger partial charge in [-0.15, -0.1) is 0 Å². The summed E-state index contributed by atoms with van der Waals surface area (Å²) < 4.78 is 17.8. The highest BCUT2D eigenvalue weighted by Gasteiger charge is 2.06. The van der Waals surface area contributed by atoms with Crippen LogP contribution in [0.1, 0.15) is 12.0 Å². The molecular weight excluding hydrogens is 307 g/mol. The zero-order valence-corrected chi connectivity index (χ0v) is 12.5. The van der Waals surface area contributed by atoms with Crippen molar-refractivity contribution < 1.29 is 18.7 Å². The van der Waals surface area contributed by atoms with Crippen LogP contribution in [0.15, 0.2) is 41.1 Å². The van der Waals surface area contributed by atoms with E-state index < -0.39 is 5.91 Å². The number of hydrazine groups is 1. The first-order chi connectivity index (χ1) is 10.6. The molecule has 116 valence electrons. The lowest BCUT2D eigenvalue weighted by atomic mass is 10.2. The quantitative estimate of drug-likeness (QED) is 0.800. The predicted octanol–water partition coefficient (Wildman–Crippen LogP) is 2.05. The zero-order chi connectivity index (χ0) is 15.8. The Morgan fingerprint density at radius 3 is 2.50 bits per heavy atom. The average molecular weight is 322 g/mol. The summed E-state index contributed by atoms with van der Waals surface area (Å²) >= 11 is 1.57. The molecule has 2 aromatic rings. The van der Waals surface area contributed by atoms with Crippen LogP contribution >= 0.6 is 11.3 Å². The molecule has 0 spiro atoms. The van der Waals surface area contributed by atoms with Crippen LogP contribution in [-0.4, -0.2) is 18.4 Å². The molecule has 1 aromatic heterocycles. The molecule has 2 N–H and O–H groups in total. The van der Waals surface area contributed by atoms with E-state index in [0.29, 0.717) is 12.2 Å². The molecule has 0 saturated heterocycles. The highest BCUT2D eigenvalue weighted by atomic mass is 32.1. The standard InChI is InChI=1S/C15H15FN2O3S/c16-12-2-4-13(5-3-12)21-9-15(20)18-17-14(19)6-1-11-7-8-22-10-11/h2-5,7-8,10H,1,6,9H2,(H,17,19)(H,18,20). The lowest BCUT2D eigenvalue weighted by Gasteiger charge is -2.08. The number of carbonyl (C=O) groups is 2. The fourth-order valence-electron chi connectivity index (χ4n) is 1.61. The molecule has 0 aliphatic heterocycles. The van der Waals surface area contributed by atoms with Crippen molar-refractivity contribution in [2.24, 2.45) is 0 Å². The van der Waals surface area contributed by atoms with E-state index in [1.807, 2.05) is 16.8 Å². The van der Waals surface area contributed by atoms with Gasteiger partial charge in [0.25, 0.3) is 5.91 Å². The Morgan fingerprint density at radius 2 is 1.82 bits per heavy atom. The molecule has 22 heavy (non-hydrogen) atoms. The molecule has 5 nitrogen and oxygen atoms in total. The summed E-state index contributed by atoms with van der Waals surface area (Å²) in [5, 5.41) is 3.92. The lowest BCUT2D eigenvalue weighted by Crippen LogP contribution is -2.43. The van der Waals surface area contributed by atoms with Crippen molar-refractivity contribution in [2.75, 3.05) is 6.61 Å². The topological polar surface area (TPSA) is 67.4 Å². The second kappa shape index (κ2) is 8.14. The molecule has 1 aromatic carbocycles. The van der Waals surface area contributed by atoms with E-state index in [1.165, 1.54) is 24.3 Å². The molecule has 0 radical (unpaired) electrons. The van der Waals surface area contributed by atoms with Crippen LogP contribution in [0, 0.1) is 5.82 Å². The summed E-state index contributed by atoms with van der Waals surface area (Å²) in [5.41, 5.74) is 5.66. The Balaban J connectivity index is 1.62. The molecule has 0 atom stereocenters. The lowest BCUT2D eigenvalue weighted by molar-refractivity contribution is -0.130. The second-order valence-corrected chi connectivity index (χ2v) is 5.25. The van der Waals surface area contributed by atoms with Gasteiger partial charge in [0.15, 0.2) is 6.61 Å². The van der Waals surface area contributed by atoms with Gasteiger partial charge in [-0.2, -0.15) is 11.3 Å². The first-order valence-electron chi connectivity index (χ1n) is 6.60. The highest BCUT2D eigenvalue weighted by molar-refractivity contribution is 7.07. The Labute approximate surface area is 131 Å². The number of amides is 2. The van der Waals surface area contributed by atoms with E-state index in [9.17, 15) is 14.0 Å². The average Bonchev–Trinajstić information content (AvgIpc) is 3.04. The van der Waals surface area contributed by atoms with Crippen LogP contribution < -0.4 is 15.6 Å². The Hall–Kier alpha value is -2.41. The van der Waals surface area contributed by atoms with Gasteiger partial charge in [0.2, 0.25) is 5.91 Å². The number of ether oxygens (including phenoxy) is 1. The van der Waals surface area contributed by atoms with Crippen molar-refractivity contribution in [2.45, 2.75) is 12.8 Å². The largest absolute Gasteiger partial charge is 0.484 e. The monoisotopic (exact) mass is 322 g/mol. The SMILES string of the molecule is O=C(CCc1ccsc1)NNC(=O)COc1ccc(F)cc1. The first-order valence-corrected chi connectivity index (χ1v) is 7.55. The van der Waals surface area contributed by atoms with Gasteiger partial charge in [0.05, 0.1) is 0 Å². The molecular formula is C15H15FN2O3S. The van der Waals surface area contributed by atoms with E-state index in [4.69, 9.17) is 4.74 Å². The molecule has 7 heteroatoms. The van der Waals surface area contributed by atoms with Crippen LogP contribution in [0.2, 0.25) is 0 Å². The number of thiophene rings is 1. The molecule has 2 rings (SSSR count). The highest BCUT2D eigenvalue weighted by Crippen LogP contribution is 2.10. The molecule has 0 unspecified atom stereocenters. The van der Waals surface area contributed by atoms with E-state index in [2.05, 4.69) is 10.9 Å². The molecule has 0 bridgehead atoms. The Morgan fingerprint density at radius 1 is 1.09 bits per heavy atom. The summed E-state index contributed by atoms with van der Waals surface area (Å²) in [5.74, 6) is -0.774. The fraction of sp³-hybridized carbons (Fsp3) is 0.200. The number of halogens is 1. The number of aryl methyl sites for hydroxylation is 1. The third kappa shape index (κ3) is 5.53. The number of rotatable bonds is 6. The Bertz CT molecular complexity index is 614. The molecule has 1 heterocycles. The summed E-state index contributed by atoms with van der Waals surface area (Å²) in [4.78, 5) is 23.0. The van der Waals surface area contributed by atoms with Crippen molar-refractivity contribution in [1.29, 1.82) is 0 Å². The smallest absolute Gasteiger partial charge is 0.276 e. The molecule has 0 saturated carbocycles. The summed E-state index contributed by atoms with van der Waals surface area (Å²) in [7, 11) is 0. The number of hydrogen-bond donors (Lipinski definition) is 2. The van der Waals surface area contributed by atoms with Gasteiger partial charge in [-0.25, -0.2) is 4.39 Å². The van der Waals surface area contributed by atoms with Gasteiger partial charge in [-0.3, -0.25) is 20.4 Å².